The summed E-state index contributed by atoms with van der Waals surface area (Å²) in [7, 11) is -3.03. The topological polar surface area (TPSA) is 67.8 Å². The average molecular weight is 315 g/mol. The highest BCUT2D eigenvalue weighted by Gasteiger charge is 2.24. The van der Waals surface area contributed by atoms with Crippen molar-refractivity contribution in [1.29, 1.82) is 0 Å². The van der Waals surface area contributed by atoms with Gasteiger partial charge >= 0.3 is 7.60 Å². The molecule has 0 spiro atoms. The largest absolute Gasteiger partial charge is 0.330 e. The first-order chi connectivity index (χ1) is 10.1. The van der Waals surface area contributed by atoms with E-state index in [9.17, 15) is 9.77 Å². The third-order valence-corrected chi connectivity index (χ3v) is 5.32. The van der Waals surface area contributed by atoms with Crippen molar-refractivity contribution in [2.45, 2.75) is 39.2 Å². The van der Waals surface area contributed by atoms with Crippen LogP contribution in [0.1, 0.15) is 32.3 Å². The van der Waals surface area contributed by atoms with Crippen LogP contribution in [0.15, 0.2) is 30.3 Å². The first kappa shape index (κ1) is 18.3. The van der Waals surface area contributed by atoms with Gasteiger partial charge in [0.15, 0.2) is 0 Å². The van der Waals surface area contributed by atoms with Crippen molar-refractivity contribution in [3.05, 3.63) is 35.9 Å². The molecular weight excluding hydrogens is 289 g/mol. The molecule has 1 atom stereocenters. The van der Waals surface area contributed by atoms with E-state index in [4.69, 9.17) is 9.05 Å². The second-order valence-corrected chi connectivity index (χ2v) is 6.99. The number of nitrogens with one attached hydrogen (secondary N) is 1. The molecule has 0 amide bonds. The molecule has 0 aliphatic rings. The Morgan fingerprint density at radius 1 is 1.14 bits per heavy atom. The van der Waals surface area contributed by atoms with E-state index in [1.165, 1.54) is 5.56 Å². The van der Waals surface area contributed by atoms with Gasteiger partial charge in [-0.05, 0) is 38.7 Å². The highest BCUT2D eigenvalue weighted by Crippen LogP contribution is 2.48. The molecule has 0 heterocycles. The van der Waals surface area contributed by atoms with Crippen molar-refractivity contribution in [2.75, 3.05) is 19.4 Å². The summed E-state index contributed by atoms with van der Waals surface area (Å²) in [6.07, 6.45) is 2.47. The highest BCUT2D eigenvalue weighted by molar-refractivity contribution is 7.53. The lowest BCUT2D eigenvalue weighted by molar-refractivity contribution is 0.118. The third-order valence-electron chi connectivity index (χ3n) is 3.21. The predicted molar refractivity (Wildman–Crippen MR) is 83.8 cm³/mol. The molecule has 0 aliphatic heterocycles. The van der Waals surface area contributed by atoms with Gasteiger partial charge in [-0.2, -0.15) is 0 Å². The van der Waals surface area contributed by atoms with Gasteiger partial charge in [0.1, 0.15) is 0 Å². The van der Waals surface area contributed by atoms with Gasteiger partial charge in [0.2, 0.25) is 0 Å². The average Bonchev–Trinajstić information content (AvgIpc) is 2.49. The maximum absolute atomic E-state index is 12.4. The van der Waals surface area contributed by atoms with Gasteiger partial charge in [0.05, 0.1) is 19.4 Å². The molecule has 0 bridgehead atoms. The standard InChI is InChI=1S/C15H26NO4P/c1-3-19-21(18,20-4-2)13-12-15(16-17)11-10-14-8-6-5-7-9-14/h5-9,15-17H,3-4,10-13H2,1-2H3. The van der Waals surface area contributed by atoms with E-state index in [0.717, 1.165) is 12.8 Å². The molecule has 1 aromatic rings. The lowest BCUT2D eigenvalue weighted by Crippen LogP contribution is -2.27. The van der Waals surface area contributed by atoms with Gasteiger partial charge in [0, 0.05) is 6.04 Å². The molecule has 5 nitrogen and oxygen atoms in total. The van der Waals surface area contributed by atoms with Crippen LogP contribution in [0.3, 0.4) is 0 Å². The molecule has 1 rings (SSSR count). The van der Waals surface area contributed by atoms with Crippen LogP contribution >= 0.6 is 7.60 Å². The van der Waals surface area contributed by atoms with Gasteiger partial charge in [-0.1, -0.05) is 30.3 Å². The fourth-order valence-corrected chi connectivity index (χ4v) is 3.88. The van der Waals surface area contributed by atoms with E-state index in [1.54, 1.807) is 13.8 Å². The molecule has 21 heavy (non-hydrogen) atoms. The zero-order valence-corrected chi connectivity index (χ0v) is 13.7. The Labute approximate surface area is 127 Å². The molecule has 0 radical (unpaired) electrons. The van der Waals surface area contributed by atoms with Crippen LogP contribution in [0.4, 0.5) is 0 Å². The second kappa shape index (κ2) is 10.1. The molecule has 0 aromatic heterocycles. The fraction of sp³-hybridized carbons (Fsp3) is 0.600. The molecule has 2 N–H and O–H groups in total. The maximum atomic E-state index is 12.4. The minimum Gasteiger partial charge on any atom is -0.317 e. The van der Waals surface area contributed by atoms with E-state index in [0.29, 0.717) is 25.8 Å². The summed E-state index contributed by atoms with van der Waals surface area (Å²) in [6.45, 7) is 4.31. The number of hydrogen-bond acceptors (Lipinski definition) is 5. The number of hydrogen-bond donors (Lipinski definition) is 2. The van der Waals surface area contributed by atoms with Crippen molar-refractivity contribution in [2.24, 2.45) is 0 Å². The normalized spacial score (nSPS) is 13.3. The van der Waals surface area contributed by atoms with Crippen LogP contribution in [0.2, 0.25) is 0 Å². The molecule has 120 valence electrons. The summed E-state index contributed by atoms with van der Waals surface area (Å²) >= 11 is 0. The van der Waals surface area contributed by atoms with E-state index < -0.39 is 7.60 Å². The Morgan fingerprint density at radius 2 is 1.76 bits per heavy atom. The van der Waals surface area contributed by atoms with Crippen molar-refractivity contribution in [3.8, 4) is 0 Å². The number of rotatable bonds is 11. The zero-order valence-electron chi connectivity index (χ0n) is 12.8. The Morgan fingerprint density at radius 3 is 2.29 bits per heavy atom. The van der Waals surface area contributed by atoms with Crippen LogP contribution < -0.4 is 5.48 Å². The third kappa shape index (κ3) is 7.21. The van der Waals surface area contributed by atoms with Gasteiger partial charge in [-0.15, -0.1) is 0 Å². The minimum absolute atomic E-state index is 0.126. The number of aryl methyl sites for hydroxylation is 1. The predicted octanol–water partition coefficient (Wildman–Crippen LogP) is 3.62. The smallest absolute Gasteiger partial charge is 0.317 e. The molecule has 0 saturated heterocycles. The summed E-state index contributed by atoms with van der Waals surface area (Å²) < 4.78 is 22.9. The molecule has 6 heteroatoms. The molecule has 0 aliphatic carbocycles. The molecule has 0 saturated carbocycles. The zero-order chi connectivity index (χ0) is 15.6. The van der Waals surface area contributed by atoms with E-state index in [1.807, 2.05) is 18.2 Å². The van der Waals surface area contributed by atoms with Crippen LogP contribution in [-0.2, 0) is 20.0 Å². The first-order valence-corrected chi connectivity index (χ1v) is 9.18. The molecule has 1 aromatic carbocycles. The van der Waals surface area contributed by atoms with Gasteiger partial charge < -0.3 is 14.3 Å². The van der Waals surface area contributed by atoms with E-state index in [-0.39, 0.29) is 6.04 Å². The van der Waals surface area contributed by atoms with Gasteiger partial charge in [-0.3, -0.25) is 4.57 Å². The summed E-state index contributed by atoms with van der Waals surface area (Å²) in [4.78, 5) is 0. The monoisotopic (exact) mass is 315 g/mol. The lowest BCUT2D eigenvalue weighted by atomic mass is 10.0. The lowest BCUT2D eigenvalue weighted by Gasteiger charge is -2.20. The fourth-order valence-electron chi connectivity index (χ4n) is 2.13. The van der Waals surface area contributed by atoms with E-state index >= 15 is 0 Å². The summed E-state index contributed by atoms with van der Waals surface area (Å²) in [5, 5.41) is 9.24. The van der Waals surface area contributed by atoms with Crippen LogP contribution in [-0.4, -0.2) is 30.6 Å². The van der Waals surface area contributed by atoms with Crippen LogP contribution in [0, 0.1) is 0 Å². The Balaban J connectivity index is 2.44. The maximum Gasteiger partial charge on any atom is 0.330 e. The number of benzene rings is 1. The van der Waals surface area contributed by atoms with Crippen molar-refractivity contribution >= 4 is 7.60 Å². The Bertz CT molecular complexity index is 417. The SMILES string of the molecule is CCOP(=O)(CCC(CCc1ccccc1)NO)OCC. The first-order valence-electron chi connectivity index (χ1n) is 7.45. The molecular formula is C15H26NO4P. The van der Waals surface area contributed by atoms with Crippen molar-refractivity contribution in [3.63, 3.8) is 0 Å². The van der Waals surface area contributed by atoms with Crippen LogP contribution in [0.5, 0.6) is 0 Å². The van der Waals surface area contributed by atoms with Gasteiger partial charge in [0.25, 0.3) is 0 Å². The number of hydroxylamine groups is 1. The quantitative estimate of drug-likeness (QED) is 0.482. The van der Waals surface area contributed by atoms with Crippen LogP contribution in [0.25, 0.3) is 0 Å². The van der Waals surface area contributed by atoms with Gasteiger partial charge in [-0.25, -0.2) is 5.48 Å². The molecule has 0 fully saturated rings. The summed E-state index contributed by atoms with van der Waals surface area (Å²) in [5.41, 5.74) is 3.51. The summed E-state index contributed by atoms with van der Waals surface area (Å²) in [6, 6.07) is 9.95. The second-order valence-electron chi connectivity index (χ2n) is 4.81. The minimum atomic E-state index is -3.03. The van der Waals surface area contributed by atoms with Crippen molar-refractivity contribution in [1.82, 2.24) is 5.48 Å². The highest BCUT2D eigenvalue weighted by atomic mass is 31.2. The van der Waals surface area contributed by atoms with Crippen molar-refractivity contribution < 1.29 is 18.8 Å². The van der Waals surface area contributed by atoms with E-state index in [2.05, 4.69) is 17.6 Å². The molecule has 1 unspecified atom stereocenters. The Hall–Kier alpha value is -0.710. The summed E-state index contributed by atoms with van der Waals surface area (Å²) in [5.74, 6) is 0. The Kier molecular flexibility index (Phi) is 8.81.